The van der Waals surface area contributed by atoms with E-state index >= 15 is 0 Å². The maximum Gasteiger partial charge on any atom is 0.315 e. The normalized spacial score (nSPS) is 9.33. The molecule has 2 amide bonds. The average Bonchev–Trinajstić information content (AvgIpc) is 3.09. The van der Waals surface area contributed by atoms with Gasteiger partial charge < -0.3 is 35.1 Å². The molecule has 2 rings (SSSR count). The Morgan fingerprint density at radius 1 is 0.882 bits per heavy atom. The van der Waals surface area contributed by atoms with Crippen LogP contribution in [-0.2, 0) is 9.59 Å². The van der Waals surface area contributed by atoms with Gasteiger partial charge >= 0.3 is 67.8 Å². The molecule has 0 bridgehead atoms. The summed E-state index contributed by atoms with van der Waals surface area (Å²) in [6.07, 6.45) is 1.47. The third-order valence-electron chi connectivity index (χ3n) is 5.76. The van der Waals surface area contributed by atoms with Gasteiger partial charge in [0.2, 0.25) is 11.5 Å². The molecular formula is C28H33I6N6O11-. The van der Waals surface area contributed by atoms with Crippen LogP contribution in [0.25, 0.3) is 10.9 Å². The number of nitro benzene ring substituents is 2. The van der Waals surface area contributed by atoms with E-state index in [1.54, 1.807) is 24.8 Å². The molecule has 17 nitrogen and oxygen atoms in total. The Hall–Kier alpha value is -1.85. The molecule has 0 aromatic heterocycles. The van der Waals surface area contributed by atoms with Crippen molar-refractivity contribution in [2.75, 3.05) is 32.7 Å². The monoisotopic (exact) mass is 1390 g/mol. The van der Waals surface area contributed by atoms with Crippen molar-refractivity contribution in [3.05, 3.63) is 72.6 Å². The van der Waals surface area contributed by atoms with Gasteiger partial charge in [-0.2, -0.15) is 5.26 Å². The van der Waals surface area contributed by atoms with Gasteiger partial charge in [0.15, 0.2) is 11.5 Å². The maximum atomic E-state index is 12.1. The first-order valence-electron chi connectivity index (χ1n) is 13.5. The average molecular weight is 1390 g/mol. The van der Waals surface area contributed by atoms with Crippen LogP contribution in [0.15, 0.2) is 29.8 Å². The fourth-order valence-electron chi connectivity index (χ4n) is 3.41. The first-order chi connectivity index (χ1) is 23.6. The zero-order valence-corrected chi connectivity index (χ0v) is 40.2. The summed E-state index contributed by atoms with van der Waals surface area (Å²) in [4.78, 5) is 58.6. The van der Waals surface area contributed by atoms with Crippen LogP contribution in [0.3, 0.4) is 0 Å². The molecule has 2 aromatic rings. The van der Waals surface area contributed by atoms with Gasteiger partial charge in [-0.15, -0.1) is 24.0 Å². The number of rotatable bonds is 10. The number of hydrogen-bond acceptors (Lipinski definition) is 12. The number of halogens is 6. The quantitative estimate of drug-likeness (QED) is 0.0374. The van der Waals surface area contributed by atoms with Crippen LogP contribution in [0.1, 0.15) is 43.6 Å². The van der Waals surface area contributed by atoms with Crippen LogP contribution in [0.5, 0.6) is 23.0 Å². The second kappa shape index (κ2) is 32.8. The van der Waals surface area contributed by atoms with E-state index in [0.717, 1.165) is 30.3 Å². The van der Waals surface area contributed by atoms with E-state index in [0.29, 0.717) is 45.7 Å². The summed E-state index contributed by atoms with van der Waals surface area (Å²) in [7, 11) is 0. The van der Waals surface area contributed by atoms with Gasteiger partial charge in [0.05, 0.1) is 9.85 Å². The van der Waals surface area contributed by atoms with E-state index in [1.165, 1.54) is 4.90 Å². The van der Waals surface area contributed by atoms with E-state index in [1.807, 2.05) is 13.8 Å². The first-order valence-corrected chi connectivity index (χ1v) is 32.3. The van der Waals surface area contributed by atoms with E-state index in [-0.39, 0.29) is 53.1 Å². The minimum atomic E-state index is -0.887. The summed E-state index contributed by atoms with van der Waals surface area (Å²) in [5.74, 6) is -3.67. The summed E-state index contributed by atoms with van der Waals surface area (Å²) in [5, 5.41) is 67.0. The molecule has 0 aliphatic rings. The third kappa shape index (κ3) is 21.4. The zero-order valence-electron chi connectivity index (χ0n) is 27.1. The number of nitrogens with zero attached hydrogens (tertiary/aromatic N) is 6. The molecule has 0 atom stereocenters. The number of phenols is 4. The van der Waals surface area contributed by atoms with Gasteiger partial charge in [0.1, 0.15) is 17.9 Å². The summed E-state index contributed by atoms with van der Waals surface area (Å²) >= 11 is 9.54. The van der Waals surface area contributed by atoms with Crippen LogP contribution in [0.4, 0.5) is 11.4 Å². The molecule has 51 heavy (non-hydrogen) atoms. The maximum absolute atomic E-state index is 12.1. The largest absolute Gasteiger partial charge is 0.504 e. The molecule has 23 heteroatoms. The van der Waals surface area contributed by atoms with Gasteiger partial charge in [-0.3, -0.25) is 34.6 Å². The second-order valence-electron chi connectivity index (χ2n) is 8.53. The Morgan fingerprint density at radius 3 is 1.57 bits per heavy atom. The number of aldehydes is 1. The number of aromatic hydroxyl groups is 4. The smallest absolute Gasteiger partial charge is 0.315 e. The SMILES string of the molecule is CCN(CC)C(=O)/C(C#N)=C/c1cc(O)c(O)c([N+](=O)[O-])c1.I.II.I[I-]I.O=Cc1cc(O)c(O)c([N+](=O)[O-])c1.[C-]#[N+]CC(=O)N(CC)CC. The molecule has 0 saturated carbocycles. The molecule has 0 heterocycles. The molecule has 0 aliphatic carbocycles. The van der Waals surface area contributed by atoms with E-state index < -0.39 is 50.1 Å². The molecular weight excluding hydrogens is 1360 g/mol. The van der Waals surface area contributed by atoms with Crippen LogP contribution >= 0.6 is 98.4 Å². The van der Waals surface area contributed by atoms with Crippen molar-refractivity contribution in [2.45, 2.75) is 27.7 Å². The van der Waals surface area contributed by atoms with Crippen LogP contribution in [0.2, 0.25) is 0 Å². The van der Waals surface area contributed by atoms with Gasteiger partial charge in [-0.05, 0) is 51.5 Å². The summed E-state index contributed by atoms with van der Waals surface area (Å²) in [6.45, 7) is 16.0. The Balaban J connectivity index is -0.000000325. The van der Waals surface area contributed by atoms with Crippen molar-refractivity contribution in [2.24, 2.45) is 0 Å². The Bertz CT molecular complexity index is 1560. The molecule has 4 N–H and O–H groups in total. The van der Waals surface area contributed by atoms with Crippen molar-refractivity contribution < 1.29 is 57.9 Å². The first kappa shape index (κ1) is 55.9. The standard InChI is InChI=1S/C14H15N3O5.C7H12N2O.C7H5NO5.I3.I2.HI/c1-3-16(4-2)14(20)10(8-15)5-9-6-11(17(21)22)13(19)12(18)7-9;1-4-9(5-2)7(10)6-8-3;9-3-4-1-5(8(12)13)7(11)6(10)2-4;1-3-2;1-2;/h5-7,18-19H,3-4H2,1-2H3;4-6H2,1-2H3;1-3,10-11H;;;1H/q;;;-1;;/b10-5+;;;;;. The van der Waals surface area contributed by atoms with Crippen LogP contribution in [0, 0.1) is 38.1 Å². The molecule has 284 valence electrons. The van der Waals surface area contributed by atoms with Crippen LogP contribution < -0.4 is 13.3 Å². The summed E-state index contributed by atoms with van der Waals surface area (Å²) < 4.78 is 0. The van der Waals surface area contributed by atoms with Gasteiger partial charge in [0.25, 0.3) is 12.5 Å². The van der Waals surface area contributed by atoms with Crippen molar-refractivity contribution in [1.29, 1.82) is 5.26 Å². The number of nitriles is 1. The van der Waals surface area contributed by atoms with Gasteiger partial charge in [-0.25, -0.2) is 6.57 Å². The Morgan fingerprint density at radius 2 is 1.25 bits per heavy atom. The summed E-state index contributed by atoms with van der Waals surface area (Å²) in [6, 6.07) is 5.57. The van der Waals surface area contributed by atoms with Crippen LogP contribution in [-0.4, -0.2) is 90.9 Å². The Labute approximate surface area is 364 Å². The van der Waals surface area contributed by atoms with Crippen molar-refractivity contribution in [3.63, 3.8) is 0 Å². The summed E-state index contributed by atoms with van der Waals surface area (Å²) in [5.41, 5.74) is -1.62. The second-order valence-corrected chi connectivity index (χ2v) is 24.8. The minimum absolute atomic E-state index is 0. The molecule has 2 aromatic carbocycles. The van der Waals surface area contributed by atoms with Crippen molar-refractivity contribution >= 4 is 134 Å². The number of hydrogen-bond donors (Lipinski definition) is 4. The molecule has 0 radical (unpaired) electrons. The topological polar surface area (TPSA) is 253 Å². The predicted octanol–water partition coefficient (Wildman–Crippen LogP) is 4.54. The van der Waals surface area contributed by atoms with E-state index in [9.17, 15) is 44.8 Å². The van der Waals surface area contributed by atoms with Crippen molar-refractivity contribution in [3.8, 4) is 29.1 Å². The molecule has 0 unspecified atom stereocenters. The van der Waals surface area contributed by atoms with Gasteiger partial charge in [-0.1, -0.05) is 0 Å². The molecule has 0 spiro atoms. The molecule has 0 saturated heterocycles. The molecule has 0 aliphatic heterocycles. The number of nitro groups is 2. The van der Waals surface area contributed by atoms with Crippen molar-refractivity contribution in [1.82, 2.24) is 9.80 Å². The number of benzene rings is 2. The number of carbonyl (C=O) groups is 3. The van der Waals surface area contributed by atoms with E-state index in [2.05, 4.69) is 79.3 Å². The zero-order chi connectivity index (χ0) is 39.6. The number of likely N-dealkylation sites (N-methyl/N-ethyl adjacent to an activating group) is 2. The minimum Gasteiger partial charge on any atom is -0.504 e. The fourth-order valence-corrected chi connectivity index (χ4v) is 3.41. The van der Waals surface area contributed by atoms with Gasteiger partial charge in [0, 0.05) is 81.1 Å². The number of phenolic OH excluding ortho intramolecular Hbond substituents is 4. The van der Waals surface area contributed by atoms with E-state index in [4.69, 9.17) is 22.0 Å². The fraction of sp³-hybridized carbons (Fsp3) is 0.321. The predicted molar refractivity (Wildman–Crippen MR) is 231 cm³/mol. The third-order valence-corrected chi connectivity index (χ3v) is 5.76. The number of carbonyl (C=O) groups excluding carboxylic acids is 3. The number of amides is 2. The Kier molecular flexibility index (Phi) is 35.9. The molecule has 0 fully saturated rings.